The quantitative estimate of drug-likeness (QED) is 0.286. The lowest BCUT2D eigenvalue weighted by atomic mass is 9.63. The fourth-order valence-electron chi connectivity index (χ4n) is 4.73. The summed E-state index contributed by atoms with van der Waals surface area (Å²) in [6.07, 6.45) is 25.6. The van der Waals surface area contributed by atoms with E-state index in [0.29, 0.717) is 17.8 Å². The molecule has 0 unspecified atom stereocenters. The van der Waals surface area contributed by atoms with Gasteiger partial charge in [0.2, 0.25) is 0 Å². The maximum Gasteiger partial charge on any atom is 0.303 e. The average Bonchev–Trinajstić information content (AvgIpc) is 2.99. The monoisotopic (exact) mass is 346 g/mol. The maximum atomic E-state index is 10.5. The summed E-state index contributed by atoms with van der Waals surface area (Å²) in [4.78, 5) is 10.5. The number of hydrogen-bond acceptors (Lipinski definition) is 1. The molecule has 0 amide bonds. The first-order valence-corrected chi connectivity index (χ1v) is 10.7. The minimum atomic E-state index is -0.661. The van der Waals surface area contributed by atoms with Gasteiger partial charge in [0, 0.05) is 6.42 Å². The van der Waals surface area contributed by atoms with Crippen LogP contribution < -0.4 is 0 Å². The van der Waals surface area contributed by atoms with Crippen LogP contribution in [0.3, 0.4) is 0 Å². The van der Waals surface area contributed by atoms with E-state index < -0.39 is 5.97 Å². The molecule has 1 fully saturated rings. The summed E-state index contributed by atoms with van der Waals surface area (Å²) in [5.74, 6) is 0.0221. The molecule has 25 heavy (non-hydrogen) atoms. The van der Waals surface area contributed by atoms with Gasteiger partial charge < -0.3 is 5.11 Å². The zero-order valence-corrected chi connectivity index (χ0v) is 16.3. The highest BCUT2D eigenvalue weighted by molar-refractivity contribution is 5.66. The van der Waals surface area contributed by atoms with E-state index in [1.54, 1.807) is 5.57 Å². The third-order valence-corrected chi connectivity index (χ3v) is 6.37. The number of unbranched alkanes of at least 4 members (excludes halogenated alkanes) is 3. The summed E-state index contributed by atoms with van der Waals surface area (Å²) in [6.45, 7) is 2.33. The lowest BCUT2D eigenvalue weighted by molar-refractivity contribution is -0.137. The third-order valence-electron chi connectivity index (χ3n) is 6.37. The first-order valence-electron chi connectivity index (χ1n) is 10.7. The van der Waals surface area contributed by atoms with Crippen molar-refractivity contribution in [1.29, 1.82) is 0 Å². The lowest BCUT2D eigenvalue weighted by Crippen LogP contribution is -2.28. The number of hydrogen-bond donors (Lipinski definition) is 1. The van der Waals surface area contributed by atoms with E-state index >= 15 is 0 Å². The number of rotatable bonds is 13. The van der Waals surface area contributed by atoms with Gasteiger partial charge in [-0.05, 0) is 75.5 Å². The van der Waals surface area contributed by atoms with Gasteiger partial charge in [0.25, 0.3) is 0 Å². The minimum absolute atomic E-state index is 0.327. The van der Waals surface area contributed by atoms with E-state index in [2.05, 4.69) is 25.2 Å². The van der Waals surface area contributed by atoms with E-state index in [1.807, 2.05) is 0 Å². The van der Waals surface area contributed by atoms with Gasteiger partial charge >= 0.3 is 5.97 Å². The van der Waals surface area contributed by atoms with Gasteiger partial charge in [0.15, 0.2) is 0 Å². The molecule has 0 aromatic heterocycles. The van der Waals surface area contributed by atoms with Crippen LogP contribution in [0.5, 0.6) is 0 Å². The normalized spacial score (nSPS) is 22.1. The highest BCUT2D eigenvalue weighted by Gasteiger charge is 2.34. The van der Waals surface area contributed by atoms with Crippen LogP contribution >= 0.6 is 0 Å². The van der Waals surface area contributed by atoms with Crippen LogP contribution in [0.15, 0.2) is 23.8 Å². The van der Waals surface area contributed by atoms with Crippen LogP contribution in [0.4, 0.5) is 0 Å². The lowest BCUT2D eigenvalue weighted by Gasteiger charge is -2.42. The molecule has 0 heterocycles. The number of carboxylic acids is 1. The average molecular weight is 347 g/mol. The highest BCUT2D eigenvalue weighted by Crippen LogP contribution is 2.48. The Morgan fingerprint density at radius 1 is 1.24 bits per heavy atom. The Balaban J connectivity index is 1.61. The molecule has 0 bridgehead atoms. The molecule has 0 aromatic rings. The van der Waals surface area contributed by atoms with E-state index in [0.717, 1.165) is 12.8 Å². The molecule has 0 aromatic carbocycles. The topological polar surface area (TPSA) is 37.3 Å². The van der Waals surface area contributed by atoms with Crippen molar-refractivity contribution in [3.63, 3.8) is 0 Å². The van der Waals surface area contributed by atoms with Crippen molar-refractivity contribution in [1.82, 2.24) is 0 Å². The zero-order valence-electron chi connectivity index (χ0n) is 16.3. The Bertz CT molecular complexity index is 457. The molecule has 0 spiro atoms. The second-order valence-corrected chi connectivity index (χ2v) is 8.34. The Kier molecular flexibility index (Phi) is 8.78. The van der Waals surface area contributed by atoms with Gasteiger partial charge in [-0.3, -0.25) is 4.79 Å². The van der Waals surface area contributed by atoms with Crippen LogP contribution in [0, 0.1) is 11.3 Å². The first kappa shape index (κ1) is 20.3. The SMILES string of the molecule is CCCC1(CC/C=C/[C@H]2CCC=C2CCCCCCC(=O)O)CCC1. The molecule has 1 saturated carbocycles. The van der Waals surface area contributed by atoms with E-state index in [-0.39, 0.29) is 0 Å². The van der Waals surface area contributed by atoms with Gasteiger partial charge in [-0.25, -0.2) is 0 Å². The largest absolute Gasteiger partial charge is 0.481 e. The Morgan fingerprint density at radius 3 is 2.72 bits per heavy atom. The van der Waals surface area contributed by atoms with Crippen LogP contribution in [-0.4, -0.2) is 11.1 Å². The summed E-state index contributed by atoms with van der Waals surface area (Å²) in [5, 5.41) is 8.66. The Hall–Kier alpha value is -1.05. The molecular formula is C23H38O2. The predicted molar refractivity (Wildman–Crippen MR) is 106 cm³/mol. The zero-order chi connectivity index (χ0) is 18.0. The van der Waals surface area contributed by atoms with E-state index in [4.69, 9.17) is 5.11 Å². The first-order chi connectivity index (χ1) is 12.2. The van der Waals surface area contributed by atoms with Crippen LogP contribution in [0.25, 0.3) is 0 Å². The molecule has 2 aliphatic carbocycles. The van der Waals surface area contributed by atoms with Crippen LogP contribution in [0.1, 0.15) is 103 Å². The van der Waals surface area contributed by atoms with Gasteiger partial charge in [-0.15, -0.1) is 0 Å². The second-order valence-electron chi connectivity index (χ2n) is 8.34. The molecule has 1 N–H and O–H groups in total. The highest BCUT2D eigenvalue weighted by atomic mass is 16.4. The van der Waals surface area contributed by atoms with Crippen molar-refractivity contribution in [3.05, 3.63) is 23.8 Å². The van der Waals surface area contributed by atoms with Crippen LogP contribution in [-0.2, 0) is 4.79 Å². The van der Waals surface area contributed by atoms with Crippen molar-refractivity contribution in [2.45, 2.75) is 103 Å². The van der Waals surface area contributed by atoms with Crippen molar-refractivity contribution >= 4 is 5.97 Å². The van der Waals surface area contributed by atoms with Gasteiger partial charge in [-0.2, -0.15) is 0 Å². The van der Waals surface area contributed by atoms with Gasteiger partial charge in [-0.1, -0.05) is 56.4 Å². The summed E-state index contributed by atoms with van der Waals surface area (Å²) in [7, 11) is 0. The summed E-state index contributed by atoms with van der Waals surface area (Å²) < 4.78 is 0. The second kappa shape index (κ2) is 10.8. The number of carboxylic acid groups (broad SMARTS) is 1. The molecule has 2 heteroatoms. The van der Waals surface area contributed by atoms with E-state index in [9.17, 15) is 4.79 Å². The molecule has 2 nitrogen and oxygen atoms in total. The summed E-state index contributed by atoms with van der Waals surface area (Å²) in [5.41, 5.74) is 2.34. The smallest absolute Gasteiger partial charge is 0.303 e. The fourth-order valence-corrected chi connectivity index (χ4v) is 4.73. The molecule has 1 atom stereocenters. The maximum absolute atomic E-state index is 10.5. The standard InChI is InChI=1S/C23H38O2/c1-2-16-23(18-10-19-23)17-8-7-12-21-14-9-13-20(21)11-5-3-4-6-15-22(24)25/h7,12-13,21H,2-6,8-11,14-19H2,1H3,(H,24,25)/b12-7+/t21-/m0/s1. The molecule has 2 rings (SSSR count). The minimum Gasteiger partial charge on any atom is -0.481 e. The summed E-state index contributed by atoms with van der Waals surface area (Å²) in [6, 6.07) is 0. The number of allylic oxidation sites excluding steroid dienone is 4. The molecule has 0 aliphatic heterocycles. The van der Waals surface area contributed by atoms with Crippen molar-refractivity contribution in [2.24, 2.45) is 11.3 Å². The molecular weight excluding hydrogens is 308 g/mol. The fraction of sp³-hybridized carbons (Fsp3) is 0.783. The van der Waals surface area contributed by atoms with Gasteiger partial charge in [0.1, 0.15) is 0 Å². The van der Waals surface area contributed by atoms with Gasteiger partial charge in [0.05, 0.1) is 0 Å². The Labute approximate surface area is 154 Å². The number of aliphatic carboxylic acids is 1. The molecule has 0 radical (unpaired) electrons. The van der Waals surface area contributed by atoms with Crippen molar-refractivity contribution in [3.8, 4) is 0 Å². The number of carbonyl (C=O) groups is 1. The van der Waals surface area contributed by atoms with Crippen molar-refractivity contribution < 1.29 is 9.90 Å². The van der Waals surface area contributed by atoms with E-state index in [1.165, 1.54) is 77.0 Å². The predicted octanol–water partition coefficient (Wildman–Crippen LogP) is 7.05. The summed E-state index contributed by atoms with van der Waals surface area (Å²) >= 11 is 0. The van der Waals surface area contributed by atoms with Crippen molar-refractivity contribution in [2.75, 3.05) is 0 Å². The van der Waals surface area contributed by atoms with Crippen LogP contribution in [0.2, 0.25) is 0 Å². The third kappa shape index (κ3) is 6.99. The molecule has 0 saturated heterocycles. The molecule has 2 aliphatic rings. The Morgan fingerprint density at radius 2 is 2.04 bits per heavy atom. The molecule has 142 valence electrons.